The van der Waals surface area contributed by atoms with Crippen LogP contribution in [-0.4, -0.2) is 31.0 Å². The summed E-state index contributed by atoms with van der Waals surface area (Å²) < 4.78 is 10.6. The predicted molar refractivity (Wildman–Crippen MR) is 125 cm³/mol. The average molecular weight is 447 g/mol. The number of hydrogen-bond donors (Lipinski definition) is 2. The Kier molecular flexibility index (Phi) is 8.59. The van der Waals surface area contributed by atoms with Crippen LogP contribution in [0.1, 0.15) is 35.3 Å². The smallest absolute Gasteiger partial charge is 0.308 e. The zero-order valence-electron chi connectivity index (χ0n) is 18.3. The SMILES string of the molecule is CCOc1ccccc1NC(=O)COC(=O)CC(NC(=O)c1ccccc1)c1ccccc1. The van der Waals surface area contributed by atoms with Crippen LogP contribution in [0.2, 0.25) is 0 Å². The van der Waals surface area contributed by atoms with E-state index in [1.165, 1.54) is 0 Å². The topological polar surface area (TPSA) is 93.7 Å². The summed E-state index contributed by atoms with van der Waals surface area (Å²) in [5.74, 6) is -0.861. The quantitative estimate of drug-likeness (QED) is 0.457. The third-order valence-electron chi connectivity index (χ3n) is 4.74. The Morgan fingerprint density at radius 2 is 1.48 bits per heavy atom. The highest BCUT2D eigenvalue weighted by Crippen LogP contribution is 2.23. The van der Waals surface area contributed by atoms with E-state index in [1.54, 1.807) is 48.5 Å². The van der Waals surface area contributed by atoms with Crippen molar-refractivity contribution in [2.75, 3.05) is 18.5 Å². The molecule has 0 saturated heterocycles. The van der Waals surface area contributed by atoms with E-state index in [0.717, 1.165) is 5.56 Å². The zero-order valence-corrected chi connectivity index (χ0v) is 18.3. The van der Waals surface area contributed by atoms with E-state index >= 15 is 0 Å². The lowest BCUT2D eigenvalue weighted by atomic mass is 10.0. The summed E-state index contributed by atoms with van der Waals surface area (Å²) >= 11 is 0. The summed E-state index contributed by atoms with van der Waals surface area (Å²) in [5.41, 5.74) is 1.74. The number of benzene rings is 3. The number of anilines is 1. The fraction of sp³-hybridized carbons (Fsp3) is 0.192. The number of carbonyl (C=O) groups is 3. The van der Waals surface area contributed by atoms with E-state index in [0.29, 0.717) is 23.6 Å². The highest BCUT2D eigenvalue weighted by Gasteiger charge is 2.21. The van der Waals surface area contributed by atoms with Crippen LogP contribution in [0.25, 0.3) is 0 Å². The first-order chi connectivity index (χ1) is 16.1. The minimum Gasteiger partial charge on any atom is -0.492 e. The van der Waals surface area contributed by atoms with Gasteiger partial charge in [-0.2, -0.15) is 0 Å². The monoisotopic (exact) mass is 446 g/mol. The second-order valence-corrected chi connectivity index (χ2v) is 7.14. The molecule has 170 valence electrons. The first-order valence-corrected chi connectivity index (χ1v) is 10.6. The number of rotatable bonds is 10. The van der Waals surface area contributed by atoms with Gasteiger partial charge in [0.2, 0.25) is 0 Å². The Balaban J connectivity index is 1.59. The van der Waals surface area contributed by atoms with Crippen LogP contribution >= 0.6 is 0 Å². The molecular formula is C26H26N2O5. The van der Waals surface area contributed by atoms with Crippen LogP contribution in [0, 0.1) is 0 Å². The summed E-state index contributed by atoms with van der Waals surface area (Å²) in [5, 5.41) is 5.55. The molecule has 7 heteroatoms. The Bertz CT molecular complexity index is 1070. The Morgan fingerprint density at radius 1 is 0.848 bits per heavy atom. The molecule has 0 spiro atoms. The van der Waals surface area contributed by atoms with Crippen molar-refractivity contribution in [3.8, 4) is 5.75 Å². The molecule has 3 rings (SSSR count). The largest absolute Gasteiger partial charge is 0.492 e. The van der Waals surface area contributed by atoms with Gasteiger partial charge in [-0.1, -0.05) is 60.7 Å². The molecule has 1 unspecified atom stereocenters. The molecule has 3 aromatic rings. The van der Waals surface area contributed by atoms with Crippen LogP contribution in [0.5, 0.6) is 5.75 Å². The first kappa shape index (κ1) is 23.5. The molecule has 0 fully saturated rings. The molecule has 0 aliphatic carbocycles. The molecule has 0 bridgehead atoms. The molecule has 3 aromatic carbocycles. The molecule has 7 nitrogen and oxygen atoms in total. The van der Waals surface area contributed by atoms with Crippen LogP contribution < -0.4 is 15.4 Å². The Labute approximate surface area is 192 Å². The molecule has 2 amide bonds. The van der Waals surface area contributed by atoms with Crippen LogP contribution in [0.15, 0.2) is 84.9 Å². The summed E-state index contributed by atoms with van der Waals surface area (Å²) in [6.45, 7) is 1.85. The fourth-order valence-corrected chi connectivity index (χ4v) is 3.18. The first-order valence-electron chi connectivity index (χ1n) is 10.6. The van der Waals surface area contributed by atoms with Gasteiger partial charge in [-0.05, 0) is 36.8 Å². The van der Waals surface area contributed by atoms with Crippen LogP contribution in [0.4, 0.5) is 5.69 Å². The van der Waals surface area contributed by atoms with Gasteiger partial charge < -0.3 is 20.1 Å². The zero-order chi connectivity index (χ0) is 23.5. The summed E-state index contributed by atoms with van der Waals surface area (Å²) in [4.78, 5) is 37.4. The average Bonchev–Trinajstić information content (AvgIpc) is 2.85. The number of ether oxygens (including phenoxy) is 2. The molecule has 0 aromatic heterocycles. The van der Waals surface area contributed by atoms with Gasteiger partial charge in [0.1, 0.15) is 5.75 Å². The minimum absolute atomic E-state index is 0.120. The van der Waals surface area contributed by atoms with Gasteiger partial charge in [-0.25, -0.2) is 0 Å². The van der Waals surface area contributed by atoms with E-state index in [1.807, 2.05) is 43.3 Å². The van der Waals surface area contributed by atoms with Crippen molar-refractivity contribution in [3.05, 3.63) is 96.1 Å². The lowest BCUT2D eigenvalue weighted by Crippen LogP contribution is -2.31. The van der Waals surface area contributed by atoms with Gasteiger partial charge in [-0.3, -0.25) is 14.4 Å². The van der Waals surface area contributed by atoms with E-state index < -0.39 is 24.5 Å². The summed E-state index contributed by atoms with van der Waals surface area (Å²) in [6, 6.07) is 24.3. The van der Waals surface area contributed by atoms with Crippen LogP contribution in [-0.2, 0) is 14.3 Å². The minimum atomic E-state index is -0.606. The van der Waals surface area contributed by atoms with Gasteiger partial charge in [0.25, 0.3) is 11.8 Å². The molecule has 33 heavy (non-hydrogen) atoms. The number of para-hydroxylation sites is 2. The molecule has 0 aliphatic heterocycles. The van der Waals surface area contributed by atoms with E-state index in [4.69, 9.17) is 9.47 Å². The van der Waals surface area contributed by atoms with Crippen molar-refractivity contribution in [1.29, 1.82) is 0 Å². The van der Waals surface area contributed by atoms with Crippen molar-refractivity contribution in [2.24, 2.45) is 0 Å². The van der Waals surface area contributed by atoms with E-state index in [2.05, 4.69) is 10.6 Å². The van der Waals surface area contributed by atoms with Crippen LogP contribution in [0.3, 0.4) is 0 Å². The van der Waals surface area contributed by atoms with Crippen molar-refractivity contribution >= 4 is 23.5 Å². The fourth-order valence-electron chi connectivity index (χ4n) is 3.18. The number of nitrogens with one attached hydrogen (secondary N) is 2. The molecule has 2 N–H and O–H groups in total. The van der Waals surface area contributed by atoms with E-state index in [-0.39, 0.29) is 12.3 Å². The molecule has 0 heterocycles. The van der Waals surface area contributed by atoms with Crippen molar-refractivity contribution < 1.29 is 23.9 Å². The normalized spacial score (nSPS) is 11.2. The highest BCUT2D eigenvalue weighted by atomic mass is 16.5. The maximum Gasteiger partial charge on any atom is 0.308 e. The maximum absolute atomic E-state index is 12.6. The van der Waals surface area contributed by atoms with Crippen molar-refractivity contribution in [3.63, 3.8) is 0 Å². The maximum atomic E-state index is 12.6. The number of esters is 1. The third-order valence-corrected chi connectivity index (χ3v) is 4.74. The lowest BCUT2D eigenvalue weighted by Gasteiger charge is -2.19. The molecular weight excluding hydrogens is 420 g/mol. The summed E-state index contributed by atoms with van der Waals surface area (Å²) in [6.07, 6.45) is -0.120. The third kappa shape index (κ3) is 7.21. The number of carbonyl (C=O) groups excluding carboxylic acids is 3. The van der Waals surface area contributed by atoms with Crippen molar-refractivity contribution in [2.45, 2.75) is 19.4 Å². The number of hydrogen-bond acceptors (Lipinski definition) is 5. The lowest BCUT2D eigenvalue weighted by molar-refractivity contribution is -0.147. The number of amides is 2. The molecule has 0 saturated carbocycles. The van der Waals surface area contributed by atoms with Gasteiger partial charge >= 0.3 is 5.97 Å². The van der Waals surface area contributed by atoms with Gasteiger partial charge in [0, 0.05) is 5.56 Å². The van der Waals surface area contributed by atoms with Gasteiger partial charge in [-0.15, -0.1) is 0 Å². The predicted octanol–water partition coefficient (Wildman–Crippen LogP) is 4.13. The second-order valence-electron chi connectivity index (χ2n) is 7.14. The standard InChI is InChI=1S/C26H26N2O5/c1-2-32-23-16-10-9-15-21(23)27-24(29)18-33-25(30)17-22(19-11-5-3-6-12-19)28-26(31)20-13-7-4-8-14-20/h3-16,22H,2,17-18H2,1H3,(H,27,29)(H,28,31). The van der Waals surface area contributed by atoms with E-state index in [9.17, 15) is 14.4 Å². The molecule has 1 atom stereocenters. The Hall–Kier alpha value is -4.13. The molecule has 0 radical (unpaired) electrons. The summed E-state index contributed by atoms with van der Waals surface area (Å²) in [7, 11) is 0. The second kappa shape index (κ2) is 12.0. The van der Waals surface area contributed by atoms with Crippen molar-refractivity contribution in [1.82, 2.24) is 5.32 Å². The van der Waals surface area contributed by atoms with Gasteiger partial charge in [0.15, 0.2) is 6.61 Å². The van der Waals surface area contributed by atoms with Gasteiger partial charge in [0.05, 0.1) is 24.8 Å². The molecule has 0 aliphatic rings. The Morgan fingerprint density at radius 3 is 2.18 bits per heavy atom. The highest BCUT2D eigenvalue weighted by molar-refractivity contribution is 5.95.